The van der Waals surface area contributed by atoms with Gasteiger partial charge in [-0.2, -0.15) is 9.78 Å². The predicted octanol–water partition coefficient (Wildman–Crippen LogP) is 3.71. The second-order valence-corrected chi connectivity index (χ2v) is 8.85. The fourth-order valence-electron chi connectivity index (χ4n) is 3.25. The highest BCUT2D eigenvalue weighted by Crippen LogP contribution is 2.35. The maximum Gasteiger partial charge on any atom is 0.282 e. The molecule has 0 aliphatic carbocycles. The highest BCUT2D eigenvalue weighted by atomic mass is 32.1. The molecule has 0 fully saturated rings. The average Bonchev–Trinajstić information content (AvgIpc) is 3.47. The first-order valence-corrected chi connectivity index (χ1v) is 11.4. The molecule has 0 bridgehead atoms. The number of nitro groups is 1. The van der Waals surface area contributed by atoms with Crippen LogP contribution in [-0.2, 0) is 0 Å². The van der Waals surface area contributed by atoms with Gasteiger partial charge in [0.25, 0.3) is 17.2 Å². The number of nitrogens with zero attached hydrogens (tertiary/aromatic N) is 5. The number of rotatable bonds is 5. The number of nitrogens with one attached hydrogen (secondary N) is 1. The van der Waals surface area contributed by atoms with Crippen molar-refractivity contribution in [3.63, 3.8) is 0 Å². The van der Waals surface area contributed by atoms with Gasteiger partial charge in [-0.15, -0.1) is 21.5 Å². The Bertz CT molecular complexity index is 1610. The number of nitrogens with two attached hydrogens (primary N) is 1. The molecule has 3 N–H and O–H groups in total. The van der Waals surface area contributed by atoms with Gasteiger partial charge < -0.3 is 5.73 Å². The standard InChI is InChI=1S/C21H13N7O4S2/c22-17-15-14(10-33-17)16(26-27(20(15)30)12-6-8-13(9-7-12)28(31)32)19-24-25-21(34-19)23-18(29)11-4-2-1-3-5-11/h1-10H,22H2,(H,23,25,29). The minimum Gasteiger partial charge on any atom is -0.390 e. The van der Waals surface area contributed by atoms with E-state index in [9.17, 15) is 19.7 Å². The van der Waals surface area contributed by atoms with Crippen molar-refractivity contribution < 1.29 is 9.72 Å². The Morgan fingerprint density at radius 2 is 1.82 bits per heavy atom. The lowest BCUT2D eigenvalue weighted by Crippen LogP contribution is -2.22. The van der Waals surface area contributed by atoms with Crippen LogP contribution in [0.3, 0.4) is 0 Å². The summed E-state index contributed by atoms with van der Waals surface area (Å²) in [6.07, 6.45) is 0. The molecule has 5 aromatic rings. The molecule has 1 amide bonds. The smallest absolute Gasteiger partial charge is 0.282 e. The van der Waals surface area contributed by atoms with Crippen LogP contribution in [0.5, 0.6) is 0 Å². The summed E-state index contributed by atoms with van der Waals surface area (Å²) in [6, 6.07) is 14.1. The number of thiophene rings is 1. The van der Waals surface area contributed by atoms with E-state index in [2.05, 4.69) is 20.6 Å². The van der Waals surface area contributed by atoms with Gasteiger partial charge >= 0.3 is 0 Å². The van der Waals surface area contributed by atoms with Crippen LogP contribution in [0.15, 0.2) is 64.8 Å². The molecule has 3 heterocycles. The molecule has 3 aromatic heterocycles. The summed E-state index contributed by atoms with van der Waals surface area (Å²) in [5, 5.41) is 29.7. The molecule has 13 heteroatoms. The number of hydrogen-bond acceptors (Lipinski definition) is 10. The van der Waals surface area contributed by atoms with Crippen molar-refractivity contribution in [3.05, 3.63) is 86.0 Å². The molecule has 5 rings (SSSR count). The highest BCUT2D eigenvalue weighted by molar-refractivity contribution is 7.19. The van der Waals surface area contributed by atoms with Crippen LogP contribution in [-0.4, -0.2) is 30.8 Å². The van der Waals surface area contributed by atoms with Crippen molar-refractivity contribution in [3.8, 4) is 16.4 Å². The van der Waals surface area contributed by atoms with Crippen LogP contribution < -0.4 is 16.6 Å². The molecule has 0 atom stereocenters. The van der Waals surface area contributed by atoms with Crippen molar-refractivity contribution in [2.24, 2.45) is 0 Å². The van der Waals surface area contributed by atoms with Gasteiger partial charge in [0.15, 0.2) is 5.01 Å². The third-order valence-corrected chi connectivity index (χ3v) is 6.53. The molecule has 0 saturated heterocycles. The number of amides is 1. The van der Waals surface area contributed by atoms with Gasteiger partial charge in [-0.3, -0.25) is 25.0 Å². The van der Waals surface area contributed by atoms with Crippen molar-refractivity contribution in [1.82, 2.24) is 20.0 Å². The first-order chi connectivity index (χ1) is 16.4. The average molecular weight is 492 g/mol. The van der Waals surface area contributed by atoms with Crippen LogP contribution in [0.2, 0.25) is 0 Å². The van der Waals surface area contributed by atoms with E-state index in [0.717, 1.165) is 16.0 Å². The minimum atomic E-state index is -0.530. The molecule has 11 nitrogen and oxygen atoms in total. The van der Waals surface area contributed by atoms with E-state index in [-0.39, 0.29) is 22.1 Å². The van der Waals surface area contributed by atoms with E-state index in [1.807, 2.05) is 6.07 Å². The number of nitrogen functional groups attached to an aromatic ring is 1. The molecule has 0 unspecified atom stereocenters. The third-order valence-electron chi connectivity index (χ3n) is 4.87. The number of anilines is 2. The van der Waals surface area contributed by atoms with Crippen molar-refractivity contribution in [1.29, 1.82) is 0 Å². The van der Waals surface area contributed by atoms with E-state index >= 15 is 0 Å². The van der Waals surface area contributed by atoms with Gasteiger partial charge in [-0.25, -0.2) is 0 Å². The number of aromatic nitrogens is 4. The van der Waals surface area contributed by atoms with Gasteiger partial charge in [0.1, 0.15) is 5.69 Å². The maximum atomic E-state index is 13.1. The van der Waals surface area contributed by atoms with E-state index in [4.69, 9.17) is 5.73 Å². The summed E-state index contributed by atoms with van der Waals surface area (Å²) >= 11 is 2.28. The number of non-ortho nitro benzene ring substituents is 1. The number of fused-ring (bicyclic) bond motifs is 1. The SMILES string of the molecule is Nc1scc2c(-c3nnc(NC(=O)c4ccccc4)s3)nn(-c3ccc([N+](=O)[O-])cc3)c(=O)c12. The monoisotopic (exact) mass is 491 g/mol. The Morgan fingerprint density at radius 3 is 2.53 bits per heavy atom. The van der Waals surface area contributed by atoms with Gasteiger partial charge in [-0.1, -0.05) is 29.5 Å². The molecule has 34 heavy (non-hydrogen) atoms. The number of benzene rings is 2. The van der Waals surface area contributed by atoms with E-state index in [0.29, 0.717) is 32.3 Å². The fourth-order valence-corrected chi connectivity index (χ4v) is 4.78. The molecule has 0 spiro atoms. The summed E-state index contributed by atoms with van der Waals surface area (Å²) in [5.74, 6) is -0.336. The predicted molar refractivity (Wildman–Crippen MR) is 130 cm³/mol. The highest BCUT2D eigenvalue weighted by Gasteiger charge is 2.21. The van der Waals surface area contributed by atoms with Crippen LogP contribution in [0.1, 0.15) is 10.4 Å². The van der Waals surface area contributed by atoms with E-state index in [1.54, 1.807) is 29.6 Å². The molecule has 168 valence electrons. The van der Waals surface area contributed by atoms with Gasteiger partial charge in [-0.05, 0) is 24.3 Å². The van der Waals surface area contributed by atoms with Gasteiger partial charge in [0.05, 0.1) is 21.0 Å². The second-order valence-electron chi connectivity index (χ2n) is 6.96. The van der Waals surface area contributed by atoms with Crippen molar-refractivity contribution in [2.75, 3.05) is 11.1 Å². The Hall–Kier alpha value is -4.49. The Labute approximate surface area is 198 Å². The molecule has 0 radical (unpaired) electrons. The number of carbonyl (C=O) groups is 1. The largest absolute Gasteiger partial charge is 0.390 e. The lowest BCUT2D eigenvalue weighted by atomic mass is 10.2. The van der Waals surface area contributed by atoms with Gasteiger partial charge in [0, 0.05) is 28.5 Å². The van der Waals surface area contributed by atoms with Crippen LogP contribution in [0.4, 0.5) is 15.8 Å². The Balaban J connectivity index is 1.58. The first kappa shape index (κ1) is 21.4. The number of nitro benzene ring substituents is 1. The quantitative estimate of drug-likeness (QED) is 0.278. The number of hydrogen-bond donors (Lipinski definition) is 2. The topological polar surface area (TPSA) is 159 Å². The van der Waals surface area contributed by atoms with Crippen LogP contribution >= 0.6 is 22.7 Å². The minimum absolute atomic E-state index is 0.115. The summed E-state index contributed by atoms with van der Waals surface area (Å²) in [5.41, 5.74) is 6.63. The molecular formula is C21H13N7O4S2. The molecule has 0 aliphatic rings. The second kappa shape index (κ2) is 8.46. The van der Waals surface area contributed by atoms with Crippen molar-refractivity contribution in [2.45, 2.75) is 0 Å². The maximum absolute atomic E-state index is 13.1. The van der Waals surface area contributed by atoms with E-state index < -0.39 is 10.5 Å². The summed E-state index contributed by atoms with van der Waals surface area (Å²) in [6.45, 7) is 0. The summed E-state index contributed by atoms with van der Waals surface area (Å²) in [7, 11) is 0. The fraction of sp³-hybridized carbons (Fsp3) is 0. The molecule has 2 aromatic carbocycles. The normalized spacial score (nSPS) is 10.9. The third kappa shape index (κ3) is 3.78. The zero-order chi connectivity index (χ0) is 23.8. The lowest BCUT2D eigenvalue weighted by Gasteiger charge is -2.07. The zero-order valence-corrected chi connectivity index (χ0v) is 18.7. The van der Waals surface area contributed by atoms with E-state index in [1.165, 1.54) is 35.6 Å². The van der Waals surface area contributed by atoms with Gasteiger partial charge in [0.2, 0.25) is 5.13 Å². The molecule has 0 aliphatic heterocycles. The van der Waals surface area contributed by atoms with Crippen LogP contribution in [0.25, 0.3) is 27.2 Å². The first-order valence-electron chi connectivity index (χ1n) is 9.67. The molecule has 0 saturated carbocycles. The molecular weight excluding hydrogens is 478 g/mol. The Morgan fingerprint density at radius 1 is 1.09 bits per heavy atom. The van der Waals surface area contributed by atoms with Crippen molar-refractivity contribution >= 4 is 55.2 Å². The summed E-state index contributed by atoms with van der Waals surface area (Å²) < 4.78 is 1.12. The zero-order valence-electron chi connectivity index (χ0n) is 17.0. The lowest BCUT2D eigenvalue weighted by molar-refractivity contribution is -0.384. The summed E-state index contributed by atoms with van der Waals surface area (Å²) in [4.78, 5) is 36.0. The van der Waals surface area contributed by atoms with Crippen LogP contribution in [0, 0.1) is 10.1 Å². The Kier molecular flexibility index (Phi) is 5.31. The number of carbonyl (C=O) groups excluding carboxylic acids is 1.